The van der Waals surface area contributed by atoms with Gasteiger partial charge < -0.3 is 0 Å². The molecule has 0 radical (unpaired) electrons. The fraction of sp³-hybridized carbons (Fsp3) is 0.267. The van der Waals surface area contributed by atoms with Crippen LogP contribution in [0.2, 0.25) is 0 Å². The van der Waals surface area contributed by atoms with Crippen molar-refractivity contribution in [3.63, 3.8) is 0 Å². The van der Waals surface area contributed by atoms with Crippen molar-refractivity contribution in [2.24, 2.45) is 0 Å². The monoisotopic (exact) mass is 499 g/mol. The zero-order valence-corrected chi connectivity index (χ0v) is 12.9. The van der Waals surface area contributed by atoms with E-state index in [-0.39, 0.29) is 0 Å². The van der Waals surface area contributed by atoms with E-state index in [1.54, 1.807) is 0 Å². The number of pyridine rings is 1. The average Bonchev–Trinajstić information content (AvgIpc) is 2.91. The Labute approximate surface area is 108 Å². The number of hydrogen-bond donors (Lipinski definition) is 0. The van der Waals surface area contributed by atoms with Crippen LogP contribution in [0.25, 0.3) is 0 Å². The minimum atomic E-state index is 0.0999. The van der Waals surface area contributed by atoms with Crippen LogP contribution < -0.4 is 15.9 Å². The van der Waals surface area contributed by atoms with Gasteiger partial charge in [0.05, 0.1) is 0 Å². The van der Waals surface area contributed by atoms with E-state index in [0.29, 0.717) is 12.7 Å². The molecule has 0 fully saturated rings. The summed E-state index contributed by atoms with van der Waals surface area (Å²) in [7, 11) is 0. The second-order valence-corrected chi connectivity index (χ2v) is 7.82. The average molecular weight is 499 g/mol. The Morgan fingerprint density at radius 1 is 1.11 bits per heavy atom. The molecule has 3 heterocycles. The van der Waals surface area contributed by atoms with Crippen molar-refractivity contribution in [2.75, 3.05) is 9.80 Å². The Morgan fingerprint density at radius 2 is 1.89 bits per heavy atom. The summed E-state index contributed by atoms with van der Waals surface area (Å²) in [6.07, 6.45) is 1.90. The third kappa shape index (κ3) is 1.14. The Bertz CT molecular complexity index is 641. The fourth-order valence-corrected chi connectivity index (χ4v) is 6.45. The molecule has 2 aliphatic rings. The predicted molar refractivity (Wildman–Crippen MR) is 73.9 cm³/mol. The quantitative estimate of drug-likeness (QED) is 0.602. The number of aromatic nitrogens is 1. The molecule has 0 amide bonds. The third-order valence-electron chi connectivity index (χ3n) is 3.42. The molecule has 1 unspecified atom stereocenters. The van der Waals surface area contributed by atoms with Gasteiger partial charge in [-0.15, -0.1) is 0 Å². The van der Waals surface area contributed by atoms with Crippen molar-refractivity contribution in [1.29, 1.82) is 0 Å². The van der Waals surface area contributed by atoms with E-state index in [1.165, 1.54) is 17.4 Å². The van der Waals surface area contributed by atoms with Gasteiger partial charge >= 0.3 is 107 Å². The van der Waals surface area contributed by atoms with Crippen LogP contribution in [0.15, 0.2) is 42.6 Å². The summed E-state index contributed by atoms with van der Waals surface area (Å²) in [5, 5.41) is 0. The van der Waals surface area contributed by atoms with Crippen LogP contribution in [0.5, 0.6) is 0 Å². The van der Waals surface area contributed by atoms with Crippen LogP contribution in [-0.4, -0.2) is 17.7 Å². The van der Waals surface area contributed by atoms with E-state index >= 15 is 0 Å². The van der Waals surface area contributed by atoms with Crippen molar-refractivity contribution >= 4 is 23.3 Å². The predicted octanol–water partition coefficient (Wildman–Crippen LogP) is 2.46. The molecule has 2 aliphatic heterocycles. The van der Waals surface area contributed by atoms with E-state index in [9.17, 15) is 0 Å². The zero-order chi connectivity index (χ0) is 13.0. The number of hydrogen-bond acceptors (Lipinski definition) is 3. The number of para-hydroxylation sites is 1. The summed E-state index contributed by atoms with van der Waals surface area (Å²) < 4.78 is 0.0999. The normalized spacial score (nSPS) is 18.8. The molecule has 19 heavy (non-hydrogen) atoms. The molecule has 0 aliphatic carbocycles. The zero-order valence-electron chi connectivity index (χ0n) is 10.8. The van der Waals surface area contributed by atoms with E-state index in [2.05, 4.69) is 59.0 Å². The Morgan fingerprint density at radius 3 is 2.74 bits per heavy atom. The molecule has 1 atom stereocenters. The van der Waals surface area contributed by atoms with Crippen molar-refractivity contribution < 1.29 is 0 Å². The first-order valence-electron chi connectivity index (χ1n) is 6.39. The summed E-state index contributed by atoms with van der Waals surface area (Å²) in [5.74, 6) is 1.13. The number of rotatable bonds is 1. The van der Waals surface area contributed by atoms with Gasteiger partial charge in [0.25, 0.3) is 0 Å². The first-order chi connectivity index (χ1) is 9.27. The SMILES string of the molecule is CC(C)N1c2cccnc2N2c3cccc[c]3[Lr][CH]21. The number of anilines is 3. The molecule has 1 aromatic carbocycles. The number of fused-ring (bicyclic) bond motifs is 5. The molecule has 4 heteroatoms. The molecule has 0 bridgehead atoms. The van der Waals surface area contributed by atoms with Gasteiger partial charge in [-0.05, 0) is 0 Å². The van der Waals surface area contributed by atoms with Crippen LogP contribution in [0.4, 0.5) is 17.2 Å². The standard InChI is InChI=1S/C15H15N3.Lr/c1-12(2)17-11-18(13-7-4-3-5-8-13)15-14(17)9-6-10-16-15;/h3-7,9-12H,1-2H3;. The van der Waals surface area contributed by atoms with E-state index in [1.807, 2.05) is 12.3 Å². The molecular weight excluding hydrogens is 484 g/mol. The van der Waals surface area contributed by atoms with Gasteiger partial charge in [-0.2, -0.15) is 0 Å². The second kappa shape index (κ2) is 3.25. The van der Waals surface area contributed by atoms with Crippen LogP contribution in [0.3, 0.4) is 0 Å². The van der Waals surface area contributed by atoms with Crippen LogP contribution >= 0.6 is 0 Å². The van der Waals surface area contributed by atoms with Crippen molar-refractivity contribution in [2.45, 2.75) is 26.6 Å². The summed E-state index contributed by atoms with van der Waals surface area (Å²) in [6.45, 7) is 5.03. The third-order valence-corrected chi connectivity index (χ3v) is 6.70. The Kier molecular flexibility index (Phi) is 1.70. The number of benzene rings is 1. The van der Waals surface area contributed by atoms with Crippen LogP contribution in [0.1, 0.15) is 13.8 Å². The molecule has 105 valence electrons. The van der Waals surface area contributed by atoms with Gasteiger partial charge in [0, 0.05) is 0 Å². The first kappa shape index (κ1) is 9.95. The maximum absolute atomic E-state index is 4.63. The number of nitrogens with zero attached hydrogens (tertiary/aromatic N) is 3. The molecule has 1 aromatic heterocycles. The molecule has 0 N–H and O–H groups in total. The second-order valence-electron chi connectivity index (χ2n) is 4.93. The Hall–Kier alpha value is -3.03. The molecule has 0 spiro atoms. The molecule has 4 rings (SSSR count). The van der Waals surface area contributed by atoms with Gasteiger partial charge in [0.15, 0.2) is 0 Å². The summed E-state index contributed by atoms with van der Waals surface area (Å²) in [4.78, 5) is 9.60. The van der Waals surface area contributed by atoms with Gasteiger partial charge in [-0.3, -0.25) is 0 Å². The molecule has 3 nitrogen and oxygen atoms in total. The molecule has 2 aromatic rings. The van der Waals surface area contributed by atoms with Gasteiger partial charge in [0.1, 0.15) is 0 Å². The summed E-state index contributed by atoms with van der Waals surface area (Å²) >= 11 is 0. The van der Waals surface area contributed by atoms with E-state index < -0.39 is 0 Å². The van der Waals surface area contributed by atoms with Crippen LogP contribution in [-0.2, 0) is 0 Å². The molecule has 0 saturated heterocycles. The van der Waals surface area contributed by atoms with Gasteiger partial charge in [0.2, 0.25) is 0 Å². The summed E-state index contributed by atoms with van der Waals surface area (Å²) in [6, 6.07) is 15.0. The maximum atomic E-state index is 4.63. The molecule has 0 saturated carbocycles. The first-order valence-corrected chi connectivity index (χ1v) is 8.71. The van der Waals surface area contributed by atoms with Crippen molar-refractivity contribution in [1.82, 2.24) is 4.98 Å². The minimum absolute atomic E-state index is 0.0999. The Balaban J connectivity index is 1.92. The van der Waals surface area contributed by atoms with Crippen molar-refractivity contribution in [3.8, 4) is 0 Å². The van der Waals surface area contributed by atoms with E-state index in [4.69, 9.17) is 0 Å². The topological polar surface area (TPSA) is 19.4 Å². The van der Waals surface area contributed by atoms with Crippen LogP contribution in [0, 0.1) is 0 Å². The van der Waals surface area contributed by atoms with Gasteiger partial charge in [-0.25, -0.2) is 0 Å². The van der Waals surface area contributed by atoms with Gasteiger partial charge in [-0.1, -0.05) is 0 Å². The van der Waals surface area contributed by atoms with E-state index in [0.717, 1.165) is 5.82 Å². The fourth-order valence-electron chi connectivity index (χ4n) is 2.60. The molecular formula is C15H15LrN3. The van der Waals surface area contributed by atoms with Crippen molar-refractivity contribution in [3.05, 3.63) is 42.6 Å². The summed E-state index contributed by atoms with van der Waals surface area (Å²) in [5.41, 5.74) is 2.64.